The SMILES string of the molecule is CN(CC(N)=O)[C@H]1CC[C@H](OCc2cc(C(F)(F)F)cc(C(F)(F)F)c2)[C@@H]1c1ccccc1. The van der Waals surface area contributed by atoms with E-state index in [4.69, 9.17) is 10.5 Å². The summed E-state index contributed by atoms with van der Waals surface area (Å²) in [6.45, 7) is -0.392. The van der Waals surface area contributed by atoms with Crippen molar-refractivity contribution >= 4 is 5.91 Å². The third-order valence-corrected chi connectivity index (χ3v) is 5.83. The smallest absolute Gasteiger partial charge is 0.373 e. The van der Waals surface area contributed by atoms with E-state index in [2.05, 4.69) is 0 Å². The minimum absolute atomic E-state index is 0.0172. The molecule has 3 rings (SSSR count). The second kappa shape index (κ2) is 9.72. The van der Waals surface area contributed by atoms with E-state index < -0.39 is 42.1 Å². The van der Waals surface area contributed by atoms with Crippen LogP contribution < -0.4 is 5.73 Å². The van der Waals surface area contributed by atoms with E-state index in [1.165, 1.54) is 0 Å². The van der Waals surface area contributed by atoms with Crippen molar-refractivity contribution in [2.75, 3.05) is 13.6 Å². The van der Waals surface area contributed by atoms with Crippen molar-refractivity contribution in [1.82, 2.24) is 4.90 Å². The number of ether oxygens (including phenoxy) is 1. The molecule has 0 spiro atoms. The maximum atomic E-state index is 13.2. The second-order valence-corrected chi connectivity index (χ2v) is 8.23. The van der Waals surface area contributed by atoms with Gasteiger partial charge < -0.3 is 10.5 Å². The number of halogens is 6. The van der Waals surface area contributed by atoms with E-state index in [0.29, 0.717) is 25.0 Å². The van der Waals surface area contributed by atoms with Gasteiger partial charge in [0, 0.05) is 12.0 Å². The number of alkyl halides is 6. The number of primary amides is 1. The topological polar surface area (TPSA) is 55.6 Å². The molecule has 0 heterocycles. The lowest BCUT2D eigenvalue weighted by molar-refractivity contribution is -0.143. The van der Waals surface area contributed by atoms with Crippen LogP contribution in [0, 0.1) is 0 Å². The van der Waals surface area contributed by atoms with Crippen molar-refractivity contribution < 1.29 is 35.9 Å². The van der Waals surface area contributed by atoms with Crippen LogP contribution in [-0.4, -0.2) is 36.5 Å². The van der Waals surface area contributed by atoms with Crippen LogP contribution in [0.4, 0.5) is 26.3 Å². The normalized spacial score (nSPS) is 21.5. The van der Waals surface area contributed by atoms with Gasteiger partial charge in [0.2, 0.25) is 5.91 Å². The largest absolute Gasteiger partial charge is 0.416 e. The molecule has 0 radical (unpaired) electrons. The summed E-state index contributed by atoms with van der Waals surface area (Å²) in [5, 5.41) is 0. The van der Waals surface area contributed by atoms with Gasteiger partial charge in [-0.05, 0) is 49.2 Å². The number of benzene rings is 2. The maximum Gasteiger partial charge on any atom is 0.416 e. The molecule has 2 aromatic rings. The highest BCUT2D eigenvalue weighted by Gasteiger charge is 2.41. The Balaban J connectivity index is 1.85. The lowest BCUT2D eigenvalue weighted by atomic mass is 9.91. The van der Waals surface area contributed by atoms with Crippen LogP contribution in [0.2, 0.25) is 0 Å². The summed E-state index contributed by atoms with van der Waals surface area (Å²) in [6.07, 6.45) is -9.14. The van der Waals surface area contributed by atoms with Crippen LogP contribution >= 0.6 is 0 Å². The average Bonchev–Trinajstić information content (AvgIpc) is 3.15. The number of carbonyl (C=O) groups excluding carboxylic acids is 1. The molecule has 2 N–H and O–H groups in total. The molecule has 0 aromatic heterocycles. The van der Waals surface area contributed by atoms with Crippen LogP contribution in [0.5, 0.6) is 0 Å². The van der Waals surface area contributed by atoms with E-state index >= 15 is 0 Å². The second-order valence-electron chi connectivity index (χ2n) is 8.23. The van der Waals surface area contributed by atoms with Gasteiger partial charge in [-0.2, -0.15) is 26.3 Å². The zero-order valence-electron chi connectivity index (χ0n) is 17.8. The summed E-state index contributed by atoms with van der Waals surface area (Å²) < 4.78 is 84.8. The summed E-state index contributed by atoms with van der Waals surface area (Å²) in [6, 6.07) is 10.6. The Labute approximate surface area is 187 Å². The Bertz CT molecular complexity index is 929. The molecule has 33 heavy (non-hydrogen) atoms. The van der Waals surface area contributed by atoms with E-state index in [9.17, 15) is 31.1 Å². The highest BCUT2D eigenvalue weighted by Crippen LogP contribution is 2.41. The lowest BCUT2D eigenvalue weighted by Crippen LogP contribution is -2.41. The van der Waals surface area contributed by atoms with Crippen LogP contribution in [0.1, 0.15) is 41.0 Å². The van der Waals surface area contributed by atoms with Crippen LogP contribution in [0.15, 0.2) is 48.5 Å². The summed E-state index contributed by atoms with van der Waals surface area (Å²) in [5.41, 5.74) is 3.26. The molecule has 4 nitrogen and oxygen atoms in total. The zero-order chi connectivity index (χ0) is 24.4. The molecule has 0 unspecified atom stereocenters. The van der Waals surface area contributed by atoms with Gasteiger partial charge >= 0.3 is 12.4 Å². The first-order chi connectivity index (χ1) is 15.4. The third-order valence-electron chi connectivity index (χ3n) is 5.83. The Morgan fingerprint density at radius 2 is 1.58 bits per heavy atom. The number of nitrogens with zero attached hydrogens (tertiary/aromatic N) is 1. The first-order valence-corrected chi connectivity index (χ1v) is 10.3. The van der Waals surface area contributed by atoms with Gasteiger partial charge in [-0.25, -0.2) is 0 Å². The lowest BCUT2D eigenvalue weighted by Gasteiger charge is -2.31. The maximum absolute atomic E-state index is 13.2. The molecule has 1 aliphatic rings. The van der Waals surface area contributed by atoms with E-state index in [1.54, 1.807) is 11.9 Å². The van der Waals surface area contributed by atoms with Gasteiger partial charge in [0.05, 0.1) is 30.4 Å². The van der Waals surface area contributed by atoms with Crippen molar-refractivity contribution in [3.63, 3.8) is 0 Å². The van der Waals surface area contributed by atoms with Gasteiger partial charge in [-0.1, -0.05) is 30.3 Å². The first-order valence-electron chi connectivity index (χ1n) is 10.3. The van der Waals surface area contributed by atoms with E-state index in [0.717, 1.165) is 5.56 Å². The Hall–Kier alpha value is -2.59. The predicted octanol–water partition coefficient (Wildman–Crippen LogP) is 4.97. The molecule has 10 heteroatoms. The van der Waals surface area contributed by atoms with Gasteiger partial charge in [0.1, 0.15) is 0 Å². The number of rotatable bonds is 7. The van der Waals surface area contributed by atoms with Crippen LogP contribution in [0.3, 0.4) is 0 Å². The van der Waals surface area contributed by atoms with Gasteiger partial charge in [-0.3, -0.25) is 9.69 Å². The van der Waals surface area contributed by atoms with Crippen LogP contribution in [0.25, 0.3) is 0 Å². The molecule has 1 saturated carbocycles. The van der Waals surface area contributed by atoms with E-state index in [-0.39, 0.29) is 30.1 Å². The predicted molar refractivity (Wildman–Crippen MR) is 109 cm³/mol. The summed E-state index contributed by atoms with van der Waals surface area (Å²) >= 11 is 0. The van der Waals surface area contributed by atoms with Crippen molar-refractivity contribution in [2.24, 2.45) is 5.73 Å². The zero-order valence-corrected chi connectivity index (χ0v) is 17.8. The fraction of sp³-hybridized carbons (Fsp3) is 0.435. The Morgan fingerprint density at radius 3 is 2.09 bits per heavy atom. The number of nitrogens with two attached hydrogens (primary N) is 1. The molecule has 0 aliphatic heterocycles. The molecule has 1 amide bonds. The highest BCUT2D eigenvalue weighted by molar-refractivity contribution is 5.75. The minimum Gasteiger partial charge on any atom is -0.373 e. The van der Waals surface area contributed by atoms with Gasteiger partial charge in [0.15, 0.2) is 0 Å². The molecule has 0 bridgehead atoms. The Kier molecular flexibility index (Phi) is 7.38. The highest BCUT2D eigenvalue weighted by atomic mass is 19.4. The first kappa shape index (κ1) is 25.0. The molecule has 2 aromatic carbocycles. The number of likely N-dealkylation sites (N-methyl/N-ethyl adjacent to an activating group) is 1. The minimum atomic E-state index is -4.92. The standard InChI is InChI=1S/C23H24F6N2O2/c1-31(12-20(30)32)18-7-8-19(21(18)15-5-3-2-4-6-15)33-13-14-9-16(22(24,25)26)11-17(10-14)23(27,28)29/h2-6,9-11,18-19,21H,7-8,12-13H2,1H3,(H2,30,32)/t18-,19-,21+/m0/s1. The monoisotopic (exact) mass is 474 g/mol. The number of hydrogen-bond donors (Lipinski definition) is 1. The summed E-state index contributed by atoms with van der Waals surface area (Å²) in [5.74, 6) is -0.735. The molecule has 3 atom stereocenters. The summed E-state index contributed by atoms with van der Waals surface area (Å²) in [4.78, 5) is 13.2. The number of hydrogen-bond acceptors (Lipinski definition) is 3. The molecular weight excluding hydrogens is 450 g/mol. The van der Waals surface area contributed by atoms with E-state index in [1.807, 2.05) is 30.3 Å². The molecule has 1 fully saturated rings. The quantitative estimate of drug-likeness (QED) is 0.577. The van der Waals surface area contributed by atoms with Crippen molar-refractivity contribution in [1.29, 1.82) is 0 Å². The van der Waals surface area contributed by atoms with Crippen molar-refractivity contribution in [2.45, 2.75) is 49.9 Å². The molecule has 0 saturated heterocycles. The Morgan fingerprint density at radius 1 is 1.00 bits per heavy atom. The molecule has 1 aliphatic carbocycles. The fourth-order valence-corrected chi connectivity index (χ4v) is 4.40. The number of amides is 1. The van der Waals surface area contributed by atoms with Crippen molar-refractivity contribution in [3.8, 4) is 0 Å². The van der Waals surface area contributed by atoms with Crippen molar-refractivity contribution in [3.05, 3.63) is 70.8 Å². The van der Waals surface area contributed by atoms with Gasteiger partial charge in [0.25, 0.3) is 0 Å². The van der Waals surface area contributed by atoms with Gasteiger partial charge in [-0.15, -0.1) is 0 Å². The molecule has 180 valence electrons. The average molecular weight is 474 g/mol. The van der Waals surface area contributed by atoms with Crippen LogP contribution in [-0.2, 0) is 28.5 Å². The number of carbonyl (C=O) groups is 1. The fourth-order valence-electron chi connectivity index (χ4n) is 4.40. The molecular formula is C23H24F6N2O2. The third kappa shape index (κ3) is 6.26. The summed E-state index contributed by atoms with van der Waals surface area (Å²) in [7, 11) is 1.75.